The van der Waals surface area contributed by atoms with Gasteiger partial charge in [-0.1, -0.05) is 12.1 Å². The molecule has 0 saturated carbocycles. The Bertz CT molecular complexity index is 738. The molecule has 0 aliphatic heterocycles. The largest absolute Gasteiger partial charge is 0.478 e. The van der Waals surface area contributed by atoms with Crippen LogP contribution in [0.25, 0.3) is 11.1 Å². The summed E-state index contributed by atoms with van der Waals surface area (Å²) >= 11 is 0. The highest BCUT2D eigenvalue weighted by molar-refractivity contribution is 5.92. The molecule has 0 bridgehead atoms. The van der Waals surface area contributed by atoms with Crippen LogP contribution in [0.4, 0.5) is 11.4 Å². The molecule has 0 heterocycles. The van der Waals surface area contributed by atoms with Gasteiger partial charge in [-0.3, -0.25) is 14.9 Å². The topological polar surface area (TPSA) is 110 Å². The number of benzene rings is 2. The van der Waals surface area contributed by atoms with Crippen molar-refractivity contribution in [3.05, 3.63) is 58.1 Å². The fourth-order valence-corrected chi connectivity index (χ4v) is 1.99. The SMILES string of the molecule is CC(=O)Nc1cccc(-c2cc(C(=O)O)cc([N+](=O)[O-])c2)c1. The molecule has 0 aliphatic carbocycles. The Labute approximate surface area is 125 Å². The number of anilines is 1. The van der Waals surface area contributed by atoms with Gasteiger partial charge < -0.3 is 10.4 Å². The summed E-state index contributed by atoms with van der Waals surface area (Å²) in [6.45, 7) is 1.36. The Morgan fingerprint density at radius 1 is 1.14 bits per heavy atom. The molecule has 112 valence electrons. The molecule has 0 unspecified atom stereocenters. The molecular weight excluding hydrogens is 288 g/mol. The lowest BCUT2D eigenvalue weighted by Crippen LogP contribution is -2.05. The van der Waals surface area contributed by atoms with E-state index in [2.05, 4.69) is 5.32 Å². The highest BCUT2D eigenvalue weighted by atomic mass is 16.6. The average Bonchev–Trinajstić information content (AvgIpc) is 2.46. The zero-order valence-corrected chi connectivity index (χ0v) is 11.6. The van der Waals surface area contributed by atoms with Gasteiger partial charge in [-0.25, -0.2) is 4.79 Å². The van der Waals surface area contributed by atoms with E-state index in [0.717, 1.165) is 6.07 Å². The van der Waals surface area contributed by atoms with Gasteiger partial charge in [0.05, 0.1) is 10.5 Å². The van der Waals surface area contributed by atoms with Crippen molar-refractivity contribution in [1.82, 2.24) is 0 Å². The summed E-state index contributed by atoms with van der Waals surface area (Å²) in [6.07, 6.45) is 0. The third-order valence-electron chi connectivity index (χ3n) is 2.89. The number of carboxylic acids is 1. The van der Waals surface area contributed by atoms with Crippen LogP contribution >= 0.6 is 0 Å². The van der Waals surface area contributed by atoms with Crippen molar-refractivity contribution >= 4 is 23.3 Å². The molecule has 2 N–H and O–H groups in total. The number of nitrogens with zero attached hydrogens (tertiary/aromatic N) is 1. The number of nitrogens with one attached hydrogen (secondary N) is 1. The first-order valence-electron chi connectivity index (χ1n) is 6.27. The highest BCUT2D eigenvalue weighted by Gasteiger charge is 2.15. The van der Waals surface area contributed by atoms with E-state index >= 15 is 0 Å². The first-order chi connectivity index (χ1) is 10.4. The van der Waals surface area contributed by atoms with E-state index in [0.29, 0.717) is 16.8 Å². The number of nitro benzene ring substituents is 1. The second-order valence-corrected chi connectivity index (χ2v) is 4.59. The molecule has 7 heteroatoms. The number of non-ortho nitro benzene ring substituents is 1. The summed E-state index contributed by atoms with van der Waals surface area (Å²) in [5, 5.41) is 22.6. The Balaban J connectivity index is 2.53. The number of carbonyl (C=O) groups is 2. The second kappa shape index (κ2) is 6.04. The predicted molar refractivity (Wildman–Crippen MR) is 79.8 cm³/mol. The molecule has 2 rings (SSSR count). The van der Waals surface area contributed by atoms with Crippen LogP contribution in [0.3, 0.4) is 0 Å². The number of carboxylic acid groups (broad SMARTS) is 1. The molecule has 2 aromatic rings. The number of nitro groups is 1. The van der Waals surface area contributed by atoms with E-state index in [1.807, 2.05) is 0 Å². The Morgan fingerprint density at radius 2 is 1.86 bits per heavy atom. The maximum absolute atomic E-state index is 11.1. The van der Waals surface area contributed by atoms with E-state index < -0.39 is 10.9 Å². The molecule has 1 amide bonds. The summed E-state index contributed by atoms with van der Waals surface area (Å²) in [5.41, 5.74) is 0.999. The molecule has 0 fully saturated rings. The zero-order valence-electron chi connectivity index (χ0n) is 11.6. The van der Waals surface area contributed by atoms with Crippen LogP contribution in [-0.2, 0) is 4.79 Å². The molecule has 0 radical (unpaired) electrons. The van der Waals surface area contributed by atoms with Gasteiger partial charge in [0.15, 0.2) is 0 Å². The predicted octanol–water partition coefficient (Wildman–Crippen LogP) is 2.92. The summed E-state index contributed by atoms with van der Waals surface area (Å²) in [6, 6.07) is 10.3. The van der Waals surface area contributed by atoms with Gasteiger partial charge in [0.1, 0.15) is 0 Å². The van der Waals surface area contributed by atoms with Crippen LogP contribution in [0.15, 0.2) is 42.5 Å². The van der Waals surface area contributed by atoms with E-state index in [4.69, 9.17) is 5.11 Å². The van der Waals surface area contributed by atoms with Crippen molar-refractivity contribution in [2.45, 2.75) is 6.92 Å². The minimum atomic E-state index is -1.25. The molecule has 7 nitrogen and oxygen atoms in total. The summed E-state index contributed by atoms with van der Waals surface area (Å²) in [7, 11) is 0. The van der Waals surface area contributed by atoms with E-state index in [9.17, 15) is 19.7 Å². The normalized spacial score (nSPS) is 10.0. The van der Waals surface area contributed by atoms with Gasteiger partial charge in [-0.15, -0.1) is 0 Å². The Morgan fingerprint density at radius 3 is 2.45 bits per heavy atom. The summed E-state index contributed by atoms with van der Waals surface area (Å²) in [5.74, 6) is -1.50. The minimum Gasteiger partial charge on any atom is -0.478 e. The number of aromatic carboxylic acids is 1. The van der Waals surface area contributed by atoms with Gasteiger partial charge in [0, 0.05) is 24.7 Å². The highest BCUT2D eigenvalue weighted by Crippen LogP contribution is 2.28. The van der Waals surface area contributed by atoms with Crippen molar-refractivity contribution in [3.8, 4) is 11.1 Å². The fraction of sp³-hybridized carbons (Fsp3) is 0.0667. The van der Waals surface area contributed by atoms with Crippen molar-refractivity contribution in [3.63, 3.8) is 0 Å². The number of hydrogen-bond acceptors (Lipinski definition) is 4. The van der Waals surface area contributed by atoms with E-state index in [1.165, 1.54) is 19.1 Å². The number of rotatable bonds is 4. The zero-order chi connectivity index (χ0) is 16.3. The summed E-state index contributed by atoms with van der Waals surface area (Å²) in [4.78, 5) is 32.4. The maximum Gasteiger partial charge on any atom is 0.335 e. The van der Waals surface area contributed by atoms with Crippen LogP contribution in [0.1, 0.15) is 17.3 Å². The van der Waals surface area contributed by atoms with Gasteiger partial charge in [-0.2, -0.15) is 0 Å². The van der Waals surface area contributed by atoms with Crippen LogP contribution < -0.4 is 5.32 Å². The van der Waals surface area contributed by atoms with E-state index in [-0.39, 0.29) is 17.2 Å². The third kappa shape index (κ3) is 3.45. The molecule has 0 aromatic heterocycles. The smallest absolute Gasteiger partial charge is 0.335 e. The van der Waals surface area contributed by atoms with Crippen LogP contribution in [-0.4, -0.2) is 21.9 Å². The Hall–Kier alpha value is -3.22. The molecular formula is C15H12N2O5. The van der Waals surface area contributed by atoms with Crippen LogP contribution in [0.2, 0.25) is 0 Å². The second-order valence-electron chi connectivity index (χ2n) is 4.59. The molecule has 2 aromatic carbocycles. The van der Waals surface area contributed by atoms with Gasteiger partial charge in [0.2, 0.25) is 5.91 Å². The van der Waals surface area contributed by atoms with Gasteiger partial charge in [-0.05, 0) is 29.3 Å². The standard InChI is InChI=1S/C15H12N2O5/c1-9(18)16-13-4-2-3-10(6-13)11-5-12(15(19)20)8-14(7-11)17(21)22/h2-8H,1H3,(H,16,18)(H,19,20). The minimum absolute atomic E-state index is 0.172. The van der Waals surface area contributed by atoms with Gasteiger partial charge in [0.25, 0.3) is 5.69 Å². The van der Waals surface area contributed by atoms with Crippen LogP contribution in [0, 0.1) is 10.1 Å². The molecule has 22 heavy (non-hydrogen) atoms. The van der Waals surface area contributed by atoms with Crippen molar-refractivity contribution in [2.75, 3.05) is 5.32 Å². The Kier molecular flexibility index (Phi) is 4.17. The monoisotopic (exact) mass is 300 g/mol. The maximum atomic E-state index is 11.1. The quantitative estimate of drug-likeness (QED) is 0.666. The van der Waals surface area contributed by atoms with Gasteiger partial charge >= 0.3 is 5.97 Å². The first-order valence-corrected chi connectivity index (χ1v) is 6.27. The fourth-order valence-electron chi connectivity index (χ4n) is 1.99. The molecule has 0 spiro atoms. The lowest BCUT2D eigenvalue weighted by molar-refractivity contribution is -0.384. The van der Waals surface area contributed by atoms with Crippen LogP contribution in [0.5, 0.6) is 0 Å². The lowest BCUT2D eigenvalue weighted by atomic mass is 10.0. The first kappa shape index (κ1) is 15.2. The molecule has 0 saturated heterocycles. The van der Waals surface area contributed by atoms with Crippen molar-refractivity contribution < 1.29 is 19.6 Å². The van der Waals surface area contributed by atoms with Crippen molar-refractivity contribution in [1.29, 1.82) is 0 Å². The van der Waals surface area contributed by atoms with Crippen molar-refractivity contribution in [2.24, 2.45) is 0 Å². The number of hydrogen-bond donors (Lipinski definition) is 2. The third-order valence-corrected chi connectivity index (χ3v) is 2.89. The average molecular weight is 300 g/mol. The van der Waals surface area contributed by atoms with E-state index in [1.54, 1.807) is 24.3 Å². The molecule has 0 aliphatic rings. The summed E-state index contributed by atoms with van der Waals surface area (Å²) < 4.78 is 0. The number of carbonyl (C=O) groups excluding carboxylic acids is 1. The number of amides is 1. The molecule has 0 atom stereocenters. The lowest BCUT2D eigenvalue weighted by Gasteiger charge is -2.07.